The van der Waals surface area contributed by atoms with E-state index in [1.165, 1.54) is 4.31 Å². The second-order valence-electron chi connectivity index (χ2n) is 5.49. The maximum atomic E-state index is 12.6. The molecule has 1 saturated heterocycles. The lowest BCUT2D eigenvalue weighted by Gasteiger charge is -2.38. The predicted octanol–water partition coefficient (Wildman–Crippen LogP) is 0.924. The van der Waals surface area contributed by atoms with Crippen LogP contribution in [0, 0.1) is 0 Å². The van der Waals surface area contributed by atoms with Crippen molar-refractivity contribution >= 4 is 10.0 Å². The van der Waals surface area contributed by atoms with Crippen LogP contribution in [0.15, 0.2) is 17.2 Å². The molecule has 2 N–H and O–H groups in total. The molecular formula is C13H23N3O3S. The second kappa shape index (κ2) is 5.85. The summed E-state index contributed by atoms with van der Waals surface area (Å²) in [6.45, 7) is 3.52. The minimum Gasteiger partial charge on any atom is -0.377 e. The van der Waals surface area contributed by atoms with Gasteiger partial charge in [-0.3, -0.25) is 0 Å². The Hall–Kier alpha value is -0.890. The van der Waals surface area contributed by atoms with E-state index in [1.807, 2.05) is 14.0 Å². The summed E-state index contributed by atoms with van der Waals surface area (Å²) in [5.41, 5.74) is 0.465. The largest absolute Gasteiger partial charge is 0.377 e. The third-order valence-corrected chi connectivity index (χ3v) is 5.66. The van der Waals surface area contributed by atoms with Gasteiger partial charge in [-0.2, -0.15) is 4.31 Å². The monoisotopic (exact) mass is 301 g/mol. The molecule has 20 heavy (non-hydrogen) atoms. The van der Waals surface area contributed by atoms with Crippen LogP contribution in [0.3, 0.4) is 0 Å². The number of aromatic nitrogens is 1. The molecule has 2 heterocycles. The lowest BCUT2D eigenvalue weighted by Crippen LogP contribution is -2.49. The number of rotatable bonds is 5. The first kappa shape index (κ1) is 15.5. The summed E-state index contributed by atoms with van der Waals surface area (Å²) in [6.07, 6.45) is 3.26. The molecule has 1 unspecified atom stereocenters. The van der Waals surface area contributed by atoms with Crippen LogP contribution >= 0.6 is 0 Å². The van der Waals surface area contributed by atoms with Crippen LogP contribution in [0.1, 0.15) is 25.5 Å². The zero-order valence-corrected chi connectivity index (χ0v) is 13.1. The number of methoxy groups -OCH3 is 1. The Balaban J connectivity index is 2.20. The van der Waals surface area contributed by atoms with E-state index in [-0.39, 0.29) is 0 Å². The van der Waals surface area contributed by atoms with E-state index in [0.29, 0.717) is 24.5 Å². The molecule has 6 nitrogen and oxygen atoms in total. The van der Waals surface area contributed by atoms with E-state index in [9.17, 15) is 8.42 Å². The molecule has 0 radical (unpaired) electrons. The first-order valence-corrected chi connectivity index (χ1v) is 8.22. The summed E-state index contributed by atoms with van der Waals surface area (Å²) in [4.78, 5) is 3.31. The number of hydrogen-bond donors (Lipinski definition) is 2. The average molecular weight is 301 g/mol. The van der Waals surface area contributed by atoms with Gasteiger partial charge in [0.15, 0.2) is 0 Å². The zero-order valence-electron chi connectivity index (χ0n) is 12.3. The zero-order chi connectivity index (χ0) is 14.8. The first-order valence-electron chi connectivity index (χ1n) is 6.78. The van der Waals surface area contributed by atoms with Gasteiger partial charge in [0.25, 0.3) is 0 Å². The van der Waals surface area contributed by atoms with E-state index >= 15 is 0 Å². The summed E-state index contributed by atoms with van der Waals surface area (Å²) >= 11 is 0. The summed E-state index contributed by atoms with van der Waals surface area (Å²) in [6, 6.07) is 1.69. The van der Waals surface area contributed by atoms with E-state index in [1.54, 1.807) is 19.4 Å². The fourth-order valence-electron chi connectivity index (χ4n) is 2.54. The van der Waals surface area contributed by atoms with E-state index in [2.05, 4.69) is 10.3 Å². The highest BCUT2D eigenvalue weighted by molar-refractivity contribution is 7.89. The van der Waals surface area contributed by atoms with Gasteiger partial charge in [-0.1, -0.05) is 0 Å². The van der Waals surface area contributed by atoms with Crippen LogP contribution in [-0.4, -0.2) is 50.6 Å². The number of piperidine rings is 1. The molecule has 114 valence electrons. The van der Waals surface area contributed by atoms with Gasteiger partial charge in [-0.15, -0.1) is 0 Å². The van der Waals surface area contributed by atoms with Gasteiger partial charge < -0.3 is 15.0 Å². The van der Waals surface area contributed by atoms with Crippen molar-refractivity contribution in [3.8, 4) is 0 Å². The highest BCUT2D eigenvalue weighted by atomic mass is 32.2. The summed E-state index contributed by atoms with van der Waals surface area (Å²) < 4.78 is 32.3. The van der Waals surface area contributed by atoms with E-state index in [4.69, 9.17) is 4.74 Å². The van der Waals surface area contributed by atoms with Crippen molar-refractivity contribution in [2.24, 2.45) is 0 Å². The van der Waals surface area contributed by atoms with Crippen molar-refractivity contribution < 1.29 is 13.2 Å². The standard InChI is InChI=1S/C13H23N3O3S/c1-13(19-3)5-4-6-16(10-13)20(17,18)12-7-11(8-14-2)15-9-12/h7,9,14-15H,4-6,8,10H2,1-3H3. The molecule has 1 aliphatic rings. The fourth-order valence-corrected chi connectivity index (χ4v) is 4.15. The Bertz CT molecular complexity index is 555. The van der Waals surface area contributed by atoms with Crippen molar-refractivity contribution in [3.05, 3.63) is 18.0 Å². The molecular weight excluding hydrogens is 278 g/mol. The molecule has 1 atom stereocenters. The maximum absolute atomic E-state index is 12.6. The van der Waals surface area contributed by atoms with Gasteiger partial charge in [0.2, 0.25) is 10.0 Å². The van der Waals surface area contributed by atoms with Crippen molar-refractivity contribution in [1.82, 2.24) is 14.6 Å². The van der Waals surface area contributed by atoms with Crippen LogP contribution in [0.25, 0.3) is 0 Å². The number of nitrogens with one attached hydrogen (secondary N) is 2. The Morgan fingerprint density at radius 3 is 2.95 bits per heavy atom. The minimum atomic E-state index is -3.45. The molecule has 0 spiro atoms. The molecule has 2 rings (SSSR count). The molecule has 0 amide bonds. The molecule has 1 aromatic heterocycles. The van der Waals surface area contributed by atoms with Gasteiger partial charge in [-0.05, 0) is 32.9 Å². The average Bonchev–Trinajstić information content (AvgIpc) is 2.89. The number of ether oxygens (including phenoxy) is 1. The third-order valence-electron chi connectivity index (χ3n) is 3.84. The topological polar surface area (TPSA) is 74.4 Å². The minimum absolute atomic E-state index is 0.322. The molecule has 1 fully saturated rings. The predicted molar refractivity (Wildman–Crippen MR) is 77.0 cm³/mol. The Kier molecular flexibility index (Phi) is 4.53. The van der Waals surface area contributed by atoms with Crippen LogP contribution < -0.4 is 5.32 Å². The highest BCUT2D eigenvalue weighted by Crippen LogP contribution is 2.28. The van der Waals surface area contributed by atoms with E-state index in [0.717, 1.165) is 18.5 Å². The maximum Gasteiger partial charge on any atom is 0.244 e. The van der Waals surface area contributed by atoms with E-state index < -0.39 is 15.6 Å². The highest BCUT2D eigenvalue weighted by Gasteiger charge is 2.37. The lowest BCUT2D eigenvalue weighted by atomic mass is 9.96. The van der Waals surface area contributed by atoms with Gasteiger partial charge in [0.05, 0.1) is 10.5 Å². The smallest absolute Gasteiger partial charge is 0.244 e. The van der Waals surface area contributed by atoms with Crippen LogP contribution in [0.5, 0.6) is 0 Å². The Morgan fingerprint density at radius 2 is 2.30 bits per heavy atom. The summed E-state index contributed by atoms with van der Waals surface area (Å²) in [5, 5.41) is 2.99. The number of nitrogens with zero attached hydrogens (tertiary/aromatic N) is 1. The van der Waals surface area contributed by atoms with Crippen LogP contribution in [0.4, 0.5) is 0 Å². The SMILES string of the molecule is CNCc1cc(S(=O)(=O)N2CCCC(C)(OC)C2)c[nH]1. The Labute approximate surface area is 120 Å². The molecule has 0 aromatic carbocycles. The second-order valence-corrected chi connectivity index (χ2v) is 7.43. The fraction of sp³-hybridized carbons (Fsp3) is 0.692. The van der Waals surface area contributed by atoms with Gasteiger partial charge in [0.1, 0.15) is 0 Å². The van der Waals surface area contributed by atoms with Gasteiger partial charge in [-0.25, -0.2) is 8.42 Å². The first-order chi connectivity index (χ1) is 9.41. The Morgan fingerprint density at radius 1 is 1.55 bits per heavy atom. The van der Waals surface area contributed by atoms with Crippen LogP contribution in [0.2, 0.25) is 0 Å². The van der Waals surface area contributed by atoms with Gasteiger partial charge >= 0.3 is 0 Å². The number of sulfonamides is 1. The van der Waals surface area contributed by atoms with Crippen molar-refractivity contribution in [1.29, 1.82) is 0 Å². The molecule has 0 bridgehead atoms. The number of H-pyrrole nitrogens is 1. The quantitative estimate of drug-likeness (QED) is 0.848. The summed E-state index contributed by atoms with van der Waals surface area (Å²) in [7, 11) is 0.0131. The lowest BCUT2D eigenvalue weighted by molar-refractivity contribution is -0.0319. The summed E-state index contributed by atoms with van der Waals surface area (Å²) in [5.74, 6) is 0. The van der Waals surface area contributed by atoms with Crippen molar-refractivity contribution in [2.45, 2.75) is 36.8 Å². The normalized spacial score (nSPS) is 24.9. The number of hydrogen-bond acceptors (Lipinski definition) is 4. The van der Waals surface area contributed by atoms with Crippen molar-refractivity contribution in [3.63, 3.8) is 0 Å². The third kappa shape index (κ3) is 3.06. The van der Waals surface area contributed by atoms with Crippen molar-refractivity contribution in [2.75, 3.05) is 27.2 Å². The van der Waals surface area contributed by atoms with Gasteiger partial charge in [0, 0.05) is 38.6 Å². The molecule has 7 heteroatoms. The van der Waals surface area contributed by atoms with Crippen LogP contribution in [-0.2, 0) is 21.3 Å². The molecule has 1 aliphatic heterocycles. The molecule has 0 saturated carbocycles. The number of aromatic amines is 1. The molecule has 0 aliphatic carbocycles. The molecule has 1 aromatic rings.